The van der Waals surface area contributed by atoms with Gasteiger partial charge in [0.25, 0.3) is 0 Å². The molecule has 1 amide bonds. The molecule has 1 unspecified atom stereocenters. The van der Waals surface area contributed by atoms with Crippen molar-refractivity contribution in [2.45, 2.75) is 18.3 Å². The Morgan fingerprint density at radius 2 is 1.65 bits per heavy atom. The highest BCUT2D eigenvalue weighted by Gasteiger charge is 2.29. The summed E-state index contributed by atoms with van der Waals surface area (Å²) in [4.78, 5) is 14.3. The lowest BCUT2D eigenvalue weighted by atomic mass is 10.1. The van der Waals surface area contributed by atoms with E-state index in [2.05, 4.69) is 24.3 Å². The SMILES string of the molecule is O=C1CCSC(c2ccccc2)N1Cc1ccccc1. The number of benzene rings is 2. The molecule has 1 aliphatic heterocycles. The van der Waals surface area contributed by atoms with E-state index in [-0.39, 0.29) is 11.3 Å². The van der Waals surface area contributed by atoms with E-state index >= 15 is 0 Å². The molecule has 2 nitrogen and oxygen atoms in total. The largest absolute Gasteiger partial charge is 0.322 e. The van der Waals surface area contributed by atoms with Gasteiger partial charge in [0, 0.05) is 18.7 Å². The molecular weight excluding hydrogens is 266 g/mol. The van der Waals surface area contributed by atoms with Gasteiger partial charge in [-0.05, 0) is 11.1 Å². The summed E-state index contributed by atoms with van der Waals surface area (Å²) >= 11 is 1.85. The van der Waals surface area contributed by atoms with Crippen LogP contribution in [0.15, 0.2) is 60.7 Å². The maximum atomic E-state index is 12.3. The molecule has 102 valence electrons. The summed E-state index contributed by atoms with van der Waals surface area (Å²) in [6.07, 6.45) is 0.640. The smallest absolute Gasteiger partial charge is 0.224 e. The summed E-state index contributed by atoms with van der Waals surface area (Å²) in [6, 6.07) is 20.5. The average molecular weight is 283 g/mol. The van der Waals surface area contributed by atoms with Gasteiger partial charge >= 0.3 is 0 Å². The lowest BCUT2D eigenvalue weighted by Gasteiger charge is -2.35. The van der Waals surface area contributed by atoms with E-state index in [1.54, 1.807) is 0 Å². The molecule has 1 atom stereocenters. The molecule has 0 saturated carbocycles. The maximum absolute atomic E-state index is 12.3. The van der Waals surface area contributed by atoms with Crippen LogP contribution in [-0.4, -0.2) is 16.6 Å². The second-order valence-corrected chi connectivity index (χ2v) is 6.08. The average Bonchev–Trinajstić information content (AvgIpc) is 2.51. The van der Waals surface area contributed by atoms with Crippen molar-refractivity contribution in [3.05, 3.63) is 71.8 Å². The first-order chi connectivity index (χ1) is 9.84. The Labute approximate surface area is 123 Å². The van der Waals surface area contributed by atoms with Crippen LogP contribution < -0.4 is 0 Å². The standard InChI is InChI=1S/C17H17NOS/c19-16-11-12-20-17(15-9-5-2-6-10-15)18(16)13-14-7-3-1-4-8-14/h1-10,17H,11-13H2. The Morgan fingerprint density at radius 3 is 2.35 bits per heavy atom. The predicted octanol–water partition coefficient (Wildman–Crippen LogP) is 3.85. The summed E-state index contributed by atoms with van der Waals surface area (Å²) < 4.78 is 0. The van der Waals surface area contributed by atoms with Crippen LogP contribution in [0.1, 0.15) is 22.9 Å². The molecule has 0 aromatic heterocycles. The quantitative estimate of drug-likeness (QED) is 0.852. The van der Waals surface area contributed by atoms with Gasteiger partial charge in [0.2, 0.25) is 5.91 Å². The zero-order valence-corrected chi connectivity index (χ0v) is 12.1. The van der Waals surface area contributed by atoms with Crippen molar-refractivity contribution < 1.29 is 4.79 Å². The minimum absolute atomic E-state index is 0.137. The van der Waals surface area contributed by atoms with Crippen LogP contribution in [0.2, 0.25) is 0 Å². The highest BCUT2D eigenvalue weighted by Crippen LogP contribution is 2.38. The lowest BCUT2D eigenvalue weighted by Crippen LogP contribution is -2.36. The van der Waals surface area contributed by atoms with E-state index in [4.69, 9.17) is 0 Å². The van der Waals surface area contributed by atoms with E-state index in [1.807, 2.05) is 53.1 Å². The van der Waals surface area contributed by atoms with Gasteiger partial charge in [-0.2, -0.15) is 0 Å². The fourth-order valence-electron chi connectivity index (χ4n) is 2.47. The molecule has 0 bridgehead atoms. The van der Waals surface area contributed by atoms with Crippen molar-refractivity contribution in [1.82, 2.24) is 4.90 Å². The van der Waals surface area contributed by atoms with Gasteiger partial charge in [0.1, 0.15) is 5.37 Å². The van der Waals surface area contributed by atoms with Gasteiger partial charge < -0.3 is 4.90 Å². The summed E-state index contributed by atoms with van der Waals surface area (Å²) in [5, 5.41) is 0.137. The minimum Gasteiger partial charge on any atom is -0.322 e. The second kappa shape index (κ2) is 6.14. The van der Waals surface area contributed by atoms with E-state index in [9.17, 15) is 4.79 Å². The van der Waals surface area contributed by atoms with Crippen molar-refractivity contribution in [1.29, 1.82) is 0 Å². The second-order valence-electron chi connectivity index (χ2n) is 4.89. The first-order valence-electron chi connectivity index (χ1n) is 6.84. The number of nitrogens with zero attached hydrogens (tertiary/aromatic N) is 1. The molecule has 0 radical (unpaired) electrons. The molecule has 3 heteroatoms. The molecule has 1 heterocycles. The molecule has 3 rings (SSSR count). The molecule has 1 aliphatic rings. The summed E-state index contributed by atoms with van der Waals surface area (Å²) in [6.45, 7) is 0.687. The highest BCUT2D eigenvalue weighted by molar-refractivity contribution is 7.99. The maximum Gasteiger partial charge on any atom is 0.224 e. The molecule has 1 saturated heterocycles. The number of rotatable bonds is 3. The van der Waals surface area contributed by atoms with Crippen LogP contribution >= 0.6 is 11.8 Å². The molecule has 2 aromatic carbocycles. The first kappa shape index (κ1) is 13.3. The molecule has 2 aromatic rings. The van der Waals surface area contributed by atoms with Crippen molar-refractivity contribution in [2.75, 3.05) is 5.75 Å². The van der Waals surface area contributed by atoms with Gasteiger partial charge in [0.15, 0.2) is 0 Å². The third-order valence-corrected chi connectivity index (χ3v) is 4.76. The van der Waals surface area contributed by atoms with Gasteiger partial charge in [0.05, 0.1) is 0 Å². The Morgan fingerprint density at radius 1 is 1.00 bits per heavy atom. The van der Waals surface area contributed by atoms with E-state index in [1.165, 1.54) is 11.1 Å². The summed E-state index contributed by atoms with van der Waals surface area (Å²) in [5.74, 6) is 1.16. The molecule has 0 aliphatic carbocycles. The number of carbonyl (C=O) groups excluding carboxylic acids is 1. The zero-order valence-electron chi connectivity index (χ0n) is 11.2. The van der Waals surface area contributed by atoms with Gasteiger partial charge in [-0.1, -0.05) is 60.7 Å². The van der Waals surface area contributed by atoms with E-state index in [0.717, 1.165) is 5.75 Å². The van der Waals surface area contributed by atoms with E-state index in [0.29, 0.717) is 13.0 Å². The van der Waals surface area contributed by atoms with Crippen molar-refractivity contribution in [3.8, 4) is 0 Å². The molecule has 0 N–H and O–H groups in total. The Balaban J connectivity index is 1.86. The van der Waals surface area contributed by atoms with Crippen molar-refractivity contribution >= 4 is 17.7 Å². The first-order valence-corrected chi connectivity index (χ1v) is 7.89. The molecule has 1 fully saturated rings. The van der Waals surface area contributed by atoms with Gasteiger partial charge in [-0.3, -0.25) is 4.79 Å². The van der Waals surface area contributed by atoms with Crippen LogP contribution in [-0.2, 0) is 11.3 Å². The fourth-order valence-corrected chi connectivity index (χ4v) is 3.70. The third-order valence-electron chi connectivity index (χ3n) is 3.48. The van der Waals surface area contributed by atoms with E-state index < -0.39 is 0 Å². The Hall–Kier alpha value is -1.74. The molecule has 20 heavy (non-hydrogen) atoms. The van der Waals surface area contributed by atoms with Crippen LogP contribution in [0.3, 0.4) is 0 Å². The Kier molecular flexibility index (Phi) is 4.07. The zero-order chi connectivity index (χ0) is 13.8. The van der Waals surface area contributed by atoms with Gasteiger partial charge in [-0.15, -0.1) is 11.8 Å². The monoisotopic (exact) mass is 283 g/mol. The molecule has 0 spiro atoms. The van der Waals surface area contributed by atoms with Crippen LogP contribution in [0.4, 0.5) is 0 Å². The fraction of sp³-hybridized carbons (Fsp3) is 0.235. The van der Waals surface area contributed by atoms with Crippen LogP contribution in [0, 0.1) is 0 Å². The minimum atomic E-state index is 0.137. The highest BCUT2D eigenvalue weighted by atomic mass is 32.2. The van der Waals surface area contributed by atoms with Crippen molar-refractivity contribution in [2.24, 2.45) is 0 Å². The number of thioether (sulfide) groups is 1. The van der Waals surface area contributed by atoms with Gasteiger partial charge in [-0.25, -0.2) is 0 Å². The molecular formula is C17H17NOS. The number of hydrogen-bond acceptors (Lipinski definition) is 2. The lowest BCUT2D eigenvalue weighted by molar-refractivity contribution is -0.132. The van der Waals surface area contributed by atoms with Crippen LogP contribution in [0.25, 0.3) is 0 Å². The normalized spacial score (nSPS) is 19.1. The predicted molar refractivity (Wildman–Crippen MR) is 83.3 cm³/mol. The number of hydrogen-bond donors (Lipinski definition) is 0. The van der Waals surface area contributed by atoms with Crippen molar-refractivity contribution in [3.63, 3.8) is 0 Å². The Bertz CT molecular complexity index is 570. The topological polar surface area (TPSA) is 20.3 Å². The van der Waals surface area contributed by atoms with Crippen LogP contribution in [0.5, 0.6) is 0 Å². The number of amides is 1. The number of carbonyl (C=O) groups is 1. The summed E-state index contributed by atoms with van der Waals surface area (Å²) in [5.41, 5.74) is 2.39. The summed E-state index contributed by atoms with van der Waals surface area (Å²) in [7, 11) is 0. The third kappa shape index (κ3) is 2.88.